The lowest BCUT2D eigenvalue weighted by atomic mass is 9.74. The Morgan fingerprint density at radius 1 is 1.40 bits per heavy atom. The van der Waals surface area contributed by atoms with Gasteiger partial charge in [-0.1, -0.05) is 42.2 Å². The van der Waals surface area contributed by atoms with Crippen LogP contribution in [-0.4, -0.2) is 32.7 Å². The molecule has 1 heterocycles. The Morgan fingerprint density at radius 3 is 2.64 bits per heavy atom. The van der Waals surface area contributed by atoms with Crippen molar-refractivity contribution in [3.8, 4) is 0 Å². The third-order valence-corrected chi connectivity index (χ3v) is 5.21. The summed E-state index contributed by atoms with van der Waals surface area (Å²) in [5.74, 6) is 0. The Kier molecular flexibility index (Phi) is 5.11. The highest BCUT2D eigenvalue weighted by Gasteiger charge is 2.63. The van der Waals surface area contributed by atoms with Gasteiger partial charge in [0.05, 0.1) is 12.3 Å². The van der Waals surface area contributed by atoms with Crippen LogP contribution in [0.25, 0.3) is 0 Å². The normalized spacial score (nSPS) is 18.6. The van der Waals surface area contributed by atoms with Crippen LogP contribution in [0.2, 0.25) is 5.02 Å². The maximum Gasteiger partial charge on any atom is 0.137 e. The van der Waals surface area contributed by atoms with Crippen molar-refractivity contribution in [2.75, 3.05) is 7.11 Å². The zero-order chi connectivity index (χ0) is 17.9. The van der Waals surface area contributed by atoms with Crippen molar-refractivity contribution < 1.29 is 9.94 Å². The molecule has 0 amide bonds. The molecule has 7 heteroatoms. The second-order valence-corrected chi connectivity index (χ2v) is 6.95. The first kappa shape index (κ1) is 17.9. The molecule has 0 radical (unpaired) electrons. The van der Waals surface area contributed by atoms with Gasteiger partial charge in [-0.25, -0.2) is 9.67 Å². The van der Waals surface area contributed by atoms with Crippen molar-refractivity contribution in [1.29, 1.82) is 0 Å². The predicted octanol–water partition coefficient (Wildman–Crippen LogP) is 3.40. The summed E-state index contributed by atoms with van der Waals surface area (Å²) >= 11 is 6.04. The van der Waals surface area contributed by atoms with E-state index in [-0.39, 0.29) is 0 Å². The van der Waals surface area contributed by atoms with Crippen LogP contribution in [0, 0.1) is 5.41 Å². The summed E-state index contributed by atoms with van der Waals surface area (Å²) in [5, 5.41) is 21.0. The van der Waals surface area contributed by atoms with Crippen LogP contribution in [0.1, 0.15) is 38.2 Å². The molecule has 6 nitrogen and oxygen atoms in total. The highest BCUT2D eigenvalue weighted by Crippen LogP contribution is 2.60. The minimum absolute atomic E-state index is 0.293. The number of aromatic nitrogens is 3. The quantitative estimate of drug-likeness (QED) is 0.577. The molecule has 1 N–H and O–H groups in total. The van der Waals surface area contributed by atoms with Crippen LogP contribution < -0.4 is 0 Å². The monoisotopic (exact) mass is 362 g/mol. The summed E-state index contributed by atoms with van der Waals surface area (Å²) in [5.41, 5.74) is 0.0660. The number of nitrogens with zero attached hydrogens (tertiary/aromatic N) is 4. The second-order valence-electron chi connectivity index (χ2n) is 6.51. The molecular formula is C18H23ClN4O2. The summed E-state index contributed by atoms with van der Waals surface area (Å²) in [6.45, 7) is 2.39. The maximum absolute atomic E-state index is 11.9. The second kappa shape index (κ2) is 7.14. The van der Waals surface area contributed by atoms with Crippen LogP contribution in [0.3, 0.4) is 0 Å². The fraction of sp³-hybridized carbons (Fsp3) is 0.500. The van der Waals surface area contributed by atoms with E-state index in [1.807, 2.05) is 12.1 Å². The van der Waals surface area contributed by atoms with Gasteiger partial charge in [0.15, 0.2) is 0 Å². The van der Waals surface area contributed by atoms with Gasteiger partial charge in [0.2, 0.25) is 0 Å². The summed E-state index contributed by atoms with van der Waals surface area (Å²) in [6, 6.07) is 7.34. The van der Waals surface area contributed by atoms with E-state index in [1.54, 1.807) is 30.3 Å². The van der Waals surface area contributed by atoms with Crippen LogP contribution in [0.5, 0.6) is 0 Å². The highest BCUT2D eigenvalue weighted by molar-refractivity contribution is 6.30. The molecule has 134 valence electrons. The molecule has 3 rings (SSSR count). The summed E-state index contributed by atoms with van der Waals surface area (Å²) in [6.07, 6.45) is 6.50. The molecule has 1 unspecified atom stereocenters. The lowest BCUT2D eigenvalue weighted by Crippen LogP contribution is -2.45. The van der Waals surface area contributed by atoms with Crippen molar-refractivity contribution in [2.45, 2.75) is 44.8 Å². The third-order valence-electron chi connectivity index (χ3n) is 4.96. The lowest BCUT2D eigenvalue weighted by Gasteiger charge is -2.37. The Hall–Kier alpha value is -1.92. The minimum atomic E-state index is -1.17. The van der Waals surface area contributed by atoms with Gasteiger partial charge in [0.25, 0.3) is 0 Å². The zero-order valence-corrected chi connectivity index (χ0v) is 15.3. The van der Waals surface area contributed by atoms with Gasteiger partial charge in [-0.2, -0.15) is 5.10 Å². The molecule has 1 aromatic carbocycles. The first-order valence-electron chi connectivity index (χ1n) is 8.47. The predicted molar refractivity (Wildman–Crippen MR) is 96.4 cm³/mol. The number of hydrogen-bond donors (Lipinski definition) is 1. The van der Waals surface area contributed by atoms with Gasteiger partial charge in [-0.15, -0.1) is 0 Å². The van der Waals surface area contributed by atoms with Crippen LogP contribution >= 0.6 is 11.6 Å². The molecule has 1 fully saturated rings. The standard InChI is InChI=1S/C18H23ClN4O2/c1-3-4-16(22-25-2)17(9-10-17)18(24,11-23-13-20-12-21-23)14-5-7-15(19)8-6-14/h5-8,12-13,24H,3-4,9-11H2,1-2H3/b22-16+. The molecule has 2 aromatic rings. The lowest BCUT2D eigenvalue weighted by molar-refractivity contribution is -0.0315. The molecule has 25 heavy (non-hydrogen) atoms. The third kappa shape index (κ3) is 3.28. The SMILES string of the molecule is CCC/C(=N\OC)C1(C(O)(Cn2cncn2)c2ccc(Cl)cc2)CC1. The van der Waals surface area contributed by atoms with Crippen LogP contribution in [0.15, 0.2) is 42.1 Å². The average molecular weight is 363 g/mol. The zero-order valence-electron chi connectivity index (χ0n) is 14.5. The number of aliphatic hydroxyl groups is 1. The first-order valence-corrected chi connectivity index (χ1v) is 8.85. The van der Waals surface area contributed by atoms with Gasteiger partial charge in [-0.05, 0) is 37.0 Å². The van der Waals surface area contributed by atoms with E-state index in [0.29, 0.717) is 11.6 Å². The van der Waals surface area contributed by atoms with Gasteiger partial charge in [-0.3, -0.25) is 0 Å². The summed E-state index contributed by atoms with van der Waals surface area (Å²) in [4.78, 5) is 9.09. The van der Waals surface area contributed by atoms with Crippen molar-refractivity contribution in [2.24, 2.45) is 10.6 Å². The van der Waals surface area contributed by atoms with Crippen molar-refractivity contribution >= 4 is 17.3 Å². The molecule has 0 aliphatic heterocycles. The smallest absolute Gasteiger partial charge is 0.137 e. The van der Waals surface area contributed by atoms with E-state index >= 15 is 0 Å². The van der Waals surface area contributed by atoms with Gasteiger partial charge in [0, 0.05) is 10.4 Å². The number of hydrogen-bond acceptors (Lipinski definition) is 5. The Labute approximate surface area is 152 Å². The fourth-order valence-electron chi connectivity index (χ4n) is 3.58. The fourth-order valence-corrected chi connectivity index (χ4v) is 3.70. The van der Waals surface area contributed by atoms with Crippen molar-refractivity contribution in [1.82, 2.24) is 14.8 Å². The van der Waals surface area contributed by atoms with E-state index in [4.69, 9.17) is 16.4 Å². The largest absolute Gasteiger partial charge is 0.399 e. The average Bonchev–Trinajstić information content (AvgIpc) is 3.27. The number of halogens is 1. The number of oxime groups is 1. The van der Waals surface area contributed by atoms with E-state index < -0.39 is 11.0 Å². The van der Waals surface area contributed by atoms with Gasteiger partial charge < -0.3 is 9.94 Å². The molecular weight excluding hydrogens is 340 g/mol. The van der Waals surface area contributed by atoms with Crippen LogP contribution in [-0.2, 0) is 17.0 Å². The Balaban J connectivity index is 2.07. The van der Waals surface area contributed by atoms with Gasteiger partial charge in [0.1, 0.15) is 25.4 Å². The van der Waals surface area contributed by atoms with Crippen molar-refractivity contribution in [3.63, 3.8) is 0 Å². The molecule has 1 aromatic heterocycles. The summed E-state index contributed by atoms with van der Waals surface area (Å²) in [7, 11) is 1.55. The first-order chi connectivity index (χ1) is 12.1. The molecule has 1 saturated carbocycles. The van der Waals surface area contributed by atoms with E-state index in [1.165, 1.54) is 6.33 Å². The molecule has 0 spiro atoms. The van der Waals surface area contributed by atoms with Crippen molar-refractivity contribution in [3.05, 3.63) is 47.5 Å². The van der Waals surface area contributed by atoms with Gasteiger partial charge >= 0.3 is 0 Å². The maximum atomic E-state index is 11.9. The molecule has 1 aliphatic rings. The Bertz CT molecular complexity index is 726. The molecule has 1 aliphatic carbocycles. The topological polar surface area (TPSA) is 72.5 Å². The minimum Gasteiger partial charge on any atom is -0.399 e. The summed E-state index contributed by atoms with van der Waals surface area (Å²) < 4.78 is 1.66. The molecule has 0 bridgehead atoms. The van der Waals surface area contributed by atoms with E-state index in [0.717, 1.165) is 37.0 Å². The van der Waals surface area contributed by atoms with E-state index in [9.17, 15) is 5.11 Å². The Morgan fingerprint density at radius 2 is 2.12 bits per heavy atom. The van der Waals surface area contributed by atoms with E-state index in [2.05, 4.69) is 22.2 Å². The number of rotatable bonds is 8. The molecule has 1 atom stereocenters. The molecule has 0 saturated heterocycles. The van der Waals surface area contributed by atoms with Crippen LogP contribution in [0.4, 0.5) is 0 Å². The number of benzene rings is 1. The highest BCUT2D eigenvalue weighted by atomic mass is 35.5.